The minimum Gasteiger partial charge on any atom is -0.380 e. The van der Waals surface area contributed by atoms with Crippen LogP contribution < -0.4 is 10.6 Å². The van der Waals surface area contributed by atoms with Crippen LogP contribution in [0.1, 0.15) is 26.7 Å². The molecular formula is C12H22N4O. The SMILES string of the molecule is CCCCOCCNc1cc(NCC)ncn1. The molecule has 5 heteroatoms. The van der Waals surface area contributed by atoms with Gasteiger partial charge in [0.25, 0.3) is 0 Å². The molecule has 2 N–H and O–H groups in total. The molecule has 5 nitrogen and oxygen atoms in total. The van der Waals surface area contributed by atoms with Crippen LogP contribution in [0.25, 0.3) is 0 Å². The van der Waals surface area contributed by atoms with Crippen LogP contribution in [0.5, 0.6) is 0 Å². The number of anilines is 2. The summed E-state index contributed by atoms with van der Waals surface area (Å²) in [7, 11) is 0. The Bertz CT molecular complexity index is 306. The number of aromatic nitrogens is 2. The molecule has 0 fully saturated rings. The fraction of sp³-hybridized carbons (Fsp3) is 0.667. The minimum atomic E-state index is 0.709. The van der Waals surface area contributed by atoms with Crippen LogP contribution in [0.4, 0.5) is 11.6 Å². The van der Waals surface area contributed by atoms with Gasteiger partial charge in [-0.15, -0.1) is 0 Å². The Balaban J connectivity index is 2.19. The first-order chi connectivity index (χ1) is 8.36. The lowest BCUT2D eigenvalue weighted by molar-refractivity contribution is 0.141. The van der Waals surface area contributed by atoms with E-state index in [4.69, 9.17) is 4.74 Å². The number of rotatable bonds is 9. The third-order valence-corrected chi connectivity index (χ3v) is 2.22. The summed E-state index contributed by atoms with van der Waals surface area (Å²) in [6.07, 6.45) is 3.85. The minimum absolute atomic E-state index is 0.709. The van der Waals surface area contributed by atoms with Crippen LogP contribution in [-0.2, 0) is 4.74 Å². The van der Waals surface area contributed by atoms with Gasteiger partial charge in [0.15, 0.2) is 0 Å². The standard InChI is InChI=1S/C12H22N4O/c1-3-5-7-17-8-6-14-12-9-11(13-4-2)15-10-16-12/h9-10H,3-8H2,1-2H3,(H2,13,14,15,16). The highest BCUT2D eigenvalue weighted by Crippen LogP contribution is 2.07. The van der Waals surface area contributed by atoms with Crippen molar-refractivity contribution in [2.24, 2.45) is 0 Å². The van der Waals surface area contributed by atoms with E-state index >= 15 is 0 Å². The highest BCUT2D eigenvalue weighted by Gasteiger charge is 1.96. The van der Waals surface area contributed by atoms with Gasteiger partial charge in [0.1, 0.15) is 18.0 Å². The smallest absolute Gasteiger partial charge is 0.131 e. The molecule has 0 saturated heterocycles. The predicted molar refractivity (Wildman–Crippen MR) is 70.4 cm³/mol. The van der Waals surface area contributed by atoms with Gasteiger partial charge in [-0.2, -0.15) is 0 Å². The molecule has 1 heterocycles. The molecule has 1 aromatic rings. The predicted octanol–water partition coefficient (Wildman–Crippen LogP) is 2.14. The second-order valence-corrected chi connectivity index (χ2v) is 3.71. The molecule has 0 amide bonds. The van der Waals surface area contributed by atoms with Crippen molar-refractivity contribution in [2.45, 2.75) is 26.7 Å². The summed E-state index contributed by atoms with van der Waals surface area (Å²) in [4.78, 5) is 8.24. The third kappa shape index (κ3) is 6.06. The molecule has 1 rings (SSSR count). The van der Waals surface area contributed by atoms with Gasteiger partial charge in [0.2, 0.25) is 0 Å². The second kappa shape index (κ2) is 8.75. The Labute approximate surface area is 103 Å². The van der Waals surface area contributed by atoms with E-state index in [1.54, 1.807) is 6.33 Å². The maximum Gasteiger partial charge on any atom is 0.131 e. The molecule has 0 spiro atoms. The molecule has 0 aliphatic rings. The van der Waals surface area contributed by atoms with Crippen molar-refractivity contribution in [1.29, 1.82) is 0 Å². The molecule has 0 radical (unpaired) electrons. The lowest BCUT2D eigenvalue weighted by atomic mass is 10.4. The zero-order valence-electron chi connectivity index (χ0n) is 10.7. The molecule has 0 bridgehead atoms. The van der Waals surface area contributed by atoms with Gasteiger partial charge in [-0.1, -0.05) is 13.3 Å². The summed E-state index contributed by atoms with van der Waals surface area (Å²) in [5.41, 5.74) is 0. The van der Waals surface area contributed by atoms with Gasteiger partial charge in [0.05, 0.1) is 6.61 Å². The molecule has 0 aromatic carbocycles. The summed E-state index contributed by atoms with van der Waals surface area (Å²) >= 11 is 0. The average molecular weight is 238 g/mol. The van der Waals surface area contributed by atoms with Gasteiger partial charge in [0, 0.05) is 25.8 Å². The Kier molecular flexibility index (Phi) is 7.06. The first-order valence-corrected chi connectivity index (χ1v) is 6.24. The first kappa shape index (κ1) is 13.7. The summed E-state index contributed by atoms with van der Waals surface area (Å²) in [5, 5.41) is 6.35. The van der Waals surface area contributed by atoms with Crippen molar-refractivity contribution < 1.29 is 4.74 Å². The van der Waals surface area contributed by atoms with Crippen molar-refractivity contribution >= 4 is 11.6 Å². The number of hydrogen-bond donors (Lipinski definition) is 2. The number of nitrogens with zero attached hydrogens (tertiary/aromatic N) is 2. The van der Waals surface area contributed by atoms with E-state index in [2.05, 4.69) is 27.5 Å². The maximum atomic E-state index is 5.45. The maximum absolute atomic E-state index is 5.45. The number of ether oxygens (including phenoxy) is 1. The zero-order chi connectivity index (χ0) is 12.3. The van der Waals surface area contributed by atoms with Gasteiger partial charge in [-0.25, -0.2) is 9.97 Å². The molecule has 1 aromatic heterocycles. The van der Waals surface area contributed by atoms with Crippen molar-refractivity contribution in [3.63, 3.8) is 0 Å². The number of nitrogens with one attached hydrogen (secondary N) is 2. The van der Waals surface area contributed by atoms with E-state index in [0.29, 0.717) is 6.61 Å². The van der Waals surface area contributed by atoms with E-state index in [0.717, 1.165) is 37.8 Å². The fourth-order valence-corrected chi connectivity index (χ4v) is 1.33. The van der Waals surface area contributed by atoms with Crippen LogP contribution in [0.2, 0.25) is 0 Å². The molecule has 17 heavy (non-hydrogen) atoms. The van der Waals surface area contributed by atoms with E-state index in [1.165, 1.54) is 6.42 Å². The Hall–Kier alpha value is -1.36. The number of hydrogen-bond acceptors (Lipinski definition) is 5. The molecule has 0 unspecified atom stereocenters. The summed E-state index contributed by atoms with van der Waals surface area (Å²) in [6.45, 7) is 7.37. The quantitative estimate of drug-likeness (QED) is 0.645. The van der Waals surface area contributed by atoms with Crippen LogP contribution in [0.15, 0.2) is 12.4 Å². The molecule has 0 saturated carbocycles. The van der Waals surface area contributed by atoms with Crippen LogP contribution in [-0.4, -0.2) is 36.3 Å². The van der Waals surface area contributed by atoms with Crippen molar-refractivity contribution in [3.8, 4) is 0 Å². The highest BCUT2D eigenvalue weighted by molar-refractivity contribution is 5.46. The molecule has 0 aliphatic carbocycles. The molecule has 0 atom stereocenters. The molecule has 0 aliphatic heterocycles. The summed E-state index contributed by atoms with van der Waals surface area (Å²) < 4.78 is 5.45. The van der Waals surface area contributed by atoms with Gasteiger partial charge in [-0.05, 0) is 13.3 Å². The van der Waals surface area contributed by atoms with Gasteiger partial charge < -0.3 is 15.4 Å². The van der Waals surface area contributed by atoms with Crippen LogP contribution in [0, 0.1) is 0 Å². The van der Waals surface area contributed by atoms with E-state index in [-0.39, 0.29) is 0 Å². The first-order valence-electron chi connectivity index (χ1n) is 6.24. The van der Waals surface area contributed by atoms with Crippen molar-refractivity contribution in [1.82, 2.24) is 9.97 Å². The molecule has 96 valence electrons. The Morgan fingerprint density at radius 3 is 2.59 bits per heavy atom. The highest BCUT2D eigenvalue weighted by atomic mass is 16.5. The summed E-state index contributed by atoms with van der Waals surface area (Å²) in [5.74, 6) is 1.67. The van der Waals surface area contributed by atoms with Crippen molar-refractivity contribution in [3.05, 3.63) is 12.4 Å². The lowest BCUT2D eigenvalue weighted by Crippen LogP contribution is -2.11. The zero-order valence-corrected chi connectivity index (χ0v) is 10.7. The molecular weight excluding hydrogens is 216 g/mol. The monoisotopic (exact) mass is 238 g/mol. The largest absolute Gasteiger partial charge is 0.380 e. The van der Waals surface area contributed by atoms with Gasteiger partial charge in [-0.3, -0.25) is 0 Å². The van der Waals surface area contributed by atoms with Crippen LogP contribution in [0.3, 0.4) is 0 Å². The van der Waals surface area contributed by atoms with Crippen molar-refractivity contribution in [2.75, 3.05) is 36.9 Å². The number of unbranched alkanes of at least 4 members (excludes halogenated alkanes) is 1. The Morgan fingerprint density at radius 2 is 1.88 bits per heavy atom. The normalized spacial score (nSPS) is 10.2. The third-order valence-electron chi connectivity index (χ3n) is 2.22. The lowest BCUT2D eigenvalue weighted by Gasteiger charge is -2.07. The van der Waals surface area contributed by atoms with Crippen LogP contribution >= 0.6 is 0 Å². The van der Waals surface area contributed by atoms with E-state index in [9.17, 15) is 0 Å². The Morgan fingerprint density at radius 1 is 1.12 bits per heavy atom. The average Bonchev–Trinajstić information content (AvgIpc) is 2.35. The van der Waals surface area contributed by atoms with E-state index < -0.39 is 0 Å². The van der Waals surface area contributed by atoms with E-state index in [1.807, 2.05) is 13.0 Å². The topological polar surface area (TPSA) is 59.1 Å². The second-order valence-electron chi connectivity index (χ2n) is 3.71. The summed E-state index contributed by atoms with van der Waals surface area (Å²) in [6, 6.07) is 1.90. The fourth-order valence-electron chi connectivity index (χ4n) is 1.33. The van der Waals surface area contributed by atoms with Gasteiger partial charge >= 0.3 is 0 Å².